The maximum Gasteiger partial charge on any atom is 0.0238 e. The van der Waals surface area contributed by atoms with Gasteiger partial charge in [-0.3, -0.25) is 0 Å². The molecule has 0 radical (unpaired) electrons. The molecular weight excluding hydrogens is 69.0 g/mol. The fraction of sp³-hybridized carbons (Fsp3) is 0. The van der Waals surface area contributed by atoms with Gasteiger partial charge >= 0.3 is 0 Å². The third kappa shape index (κ3) is 1.84. The van der Waals surface area contributed by atoms with E-state index in [-0.39, 0.29) is 0 Å². The molecule has 0 aromatic carbocycles. The second kappa shape index (κ2) is 2.84. The summed E-state index contributed by atoms with van der Waals surface area (Å²) in [6.07, 6.45) is 1.41. The molecule has 0 amide bonds. The van der Waals surface area contributed by atoms with Crippen molar-refractivity contribution in [3.05, 3.63) is 12.8 Å². The lowest BCUT2D eigenvalue weighted by Gasteiger charge is -1.47. The molecule has 0 spiro atoms. The summed E-state index contributed by atoms with van der Waals surface area (Å²) in [6, 6.07) is 0. The molecule has 4 heavy (non-hydrogen) atoms. The zero-order valence-corrected chi connectivity index (χ0v) is 3.23. The van der Waals surface area contributed by atoms with Gasteiger partial charge < -0.3 is 0 Å². The Bertz CT molecular complexity index is 27.0. The van der Waals surface area contributed by atoms with Crippen molar-refractivity contribution >= 4 is 9.03 Å². The van der Waals surface area contributed by atoms with E-state index in [4.69, 9.17) is 0 Å². The van der Waals surface area contributed by atoms with Gasteiger partial charge in [0.15, 0.2) is 0 Å². The zero-order valence-electron chi connectivity index (χ0n) is 2.23. The van der Waals surface area contributed by atoms with Crippen molar-refractivity contribution in [3.63, 3.8) is 0 Å². The van der Waals surface area contributed by atoms with Crippen molar-refractivity contribution in [3.8, 4) is 0 Å². The van der Waals surface area contributed by atoms with Gasteiger partial charge in [-0.1, -0.05) is 6.58 Å². The van der Waals surface area contributed by atoms with E-state index in [0.717, 1.165) is 0 Å². The molecule has 0 fully saturated rings. The molecule has 0 aliphatic heterocycles. The SMILES string of the molecule is C=CN=P. The summed E-state index contributed by atoms with van der Waals surface area (Å²) >= 11 is 0. The lowest BCUT2D eigenvalue weighted by molar-refractivity contribution is 1.69. The Labute approximate surface area is 27.6 Å². The summed E-state index contributed by atoms with van der Waals surface area (Å²) in [4.78, 5) is 0. The van der Waals surface area contributed by atoms with Gasteiger partial charge in [0.05, 0.1) is 0 Å². The van der Waals surface area contributed by atoms with Crippen LogP contribution >= 0.6 is 9.03 Å². The van der Waals surface area contributed by atoms with Crippen LogP contribution in [0.5, 0.6) is 0 Å². The second-order valence-corrected chi connectivity index (χ2v) is 0.570. The quantitative estimate of drug-likeness (QED) is 0.416. The van der Waals surface area contributed by atoms with Crippen LogP contribution in [0.2, 0.25) is 0 Å². The average Bonchev–Trinajstić information content (AvgIpc) is 1.37. The van der Waals surface area contributed by atoms with Crippen molar-refractivity contribution in [1.82, 2.24) is 0 Å². The number of nitrogens with zero attached hydrogens (tertiary/aromatic N) is 1. The molecule has 0 aromatic heterocycles. The summed E-state index contributed by atoms with van der Waals surface area (Å²) in [6.45, 7) is 3.26. The van der Waals surface area contributed by atoms with Crippen LogP contribution in [0.1, 0.15) is 0 Å². The largest absolute Gasteiger partial charge is 0.244 e. The lowest BCUT2D eigenvalue weighted by atomic mass is 11.1. The molecule has 0 aliphatic rings. The van der Waals surface area contributed by atoms with Crippen LogP contribution in [0.15, 0.2) is 17.5 Å². The minimum absolute atomic E-state index is 1.41. The van der Waals surface area contributed by atoms with Crippen LogP contribution in [0.3, 0.4) is 0 Å². The summed E-state index contributed by atoms with van der Waals surface area (Å²) in [7, 11) is 2.79. The first kappa shape index (κ1) is 3.84. The van der Waals surface area contributed by atoms with Gasteiger partial charge in [0.25, 0.3) is 0 Å². The third-order valence-electron chi connectivity index (χ3n) is 0.0913. The molecule has 0 aromatic rings. The first-order chi connectivity index (χ1) is 1.91. The predicted molar refractivity (Wildman–Crippen MR) is 20.9 cm³/mol. The minimum Gasteiger partial charge on any atom is -0.244 e. The summed E-state index contributed by atoms with van der Waals surface area (Å²) in [5.74, 6) is 0. The summed E-state index contributed by atoms with van der Waals surface area (Å²) in [5.41, 5.74) is 0. The number of hydrogen-bond acceptors (Lipinski definition) is 1. The number of rotatable bonds is 1. The highest BCUT2D eigenvalue weighted by Gasteiger charge is 1.28. The van der Waals surface area contributed by atoms with Gasteiger partial charge in [-0.2, -0.15) is 0 Å². The molecule has 1 nitrogen and oxygen atoms in total. The summed E-state index contributed by atoms with van der Waals surface area (Å²) < 4.78 is 3.31. The predicted octanol–water partition coefficient (Wildman–Crippen LogP) is 1.46. The maximum absolute atomic E-state index is 3.31. The second-order valence-electron chi connectivity index (χ2n) is 0.312. The molecular formula is C2H4NP. The van der Waals surface area contributed by atoms with E-state index < -0.39 is 0 Å². The molecule has 0 N–H and O–H groups in total. The standard InChI is InChI=1S/C2H4NP/c1-2-3-4/h2,4H,1H2. The van der Waals surface area contributed by atoms with E-state index in [0.29, 0.717) is 0 Å². The highest BCUT2D eigenvalue weighted by molar-refractivity contribution is 7.04. The van der Waals surface area contributed by atoms with Crippen molar-refractivity contribution in [1.29, 1.82) is 0 Å². The summed E-state index contributed by atoms with van der Waals surface area (Å²) in [5, 5.41) is 0. The topological polar surface area (TPSA) is 12.4 Å². The Morgan fingerprint density at radius 1 is 2.00 bits per heavy atom. The van der Waals surface area contributed by atoms with Crippen LogP contribution in [0.4, 0.5) is 0 Å². The van der Waals surface area contributed by atoms with E-state index in [1.807, 2.05) is 0 Å². The Hall–Kier alpha value is -0.160. The van der Waals surface area contributed by atoms with Crippen molar-refractivity contribution < 1.29 is 0 Å². The van der Waals surface area contributed by atoms with E-state index in [9.17, 15) is 0 Å². The first-order valence-electron chi connectivity index (χ1n) is 0.890. The van der Waals surface area contributed by atoms with Gasteiger partial charge in [-0.05, 0) is 9.03 Å². The fourth-order valence-electron chi connectivity index (χ4n) is 0. The smallest absolute Gasteiger partial charge is 0.0238 e. The fourth-order valence-corrected chi connectivity index (χ4v) is 0. The van der Waals surface area contributed by atoms with Crippen LogP contribution in [-0.4, -0.2) is 0 Å². The lowest BCUT2D eigenvalue weighted by Crippen LogP contribution is -1.15. The first-order valence-corrected chi connectivity index (χ1v) is 1.34. The van der Waals surface area contributed by atoms with Crippen LogP contribution in [0.25, 0.3) is 0 Å². The van der Waals surface area contributed by atoms with Gasteiger partial charge in [0, 0.05) is 6.20 Å². The highest BCUT2D eigenvalue weighted by Crippen LogP contribution is 1.66. The Morgan fingerprint density at radius 2 is 2.25 bits per heavy atom. The molecule has 2 heteroatoms. The highest BCUT2D eigenvalue weighted by atomic mass is 31.0. The van der Waals surface area contributed by atoms with Crippen molar-refractivity contribution in [2.45, 2.75) is 0 Å². The molecule has 22 valence electrons. The molecule has 0 atom stereocenters. The molecule has 0 bridgehead atoms. The number of hydrogen-bond donors (Lipinski definition) is 0. The van der Waals surface area contributed by atoms with Crippen LogP contribution in [-0.2, 0) is 0 Å². The Morgan fingerprint density at radius 3 is 2.25 bits per heavy atom. The molecule has 0 aliphatic carbocycles. The van der Waals surface area contributed by atoms with E-state index in [1.165, 1.54) is 6.20 Å². The van der Waals surface area contributed by atoms with Gasteiger partial charge in [0.1, 0.15) is 0 Å². The minimum atomic E-state index is 1.41. The normalized spacial score (nSPS) is 5.00. The molecule has 0 unspecified atom stereocenters. The molecule has 0 saturated carbocycles. The van der Waals surface area contributed by atoms with E-state index >= 15 is 0 Å². The Balaban J connectivity index is 2.73. The monoisotopic (exact) mass is 73.0 g/mol. The van der Waals surface area contributed by atoms with Gasteiger partial charge in [0.2, 0.25) is 0 Å². The third-order valence-corrected chi connectivity index (χ3v) is 0.274. The molecule has 0 heterocycles. The molecule has 0 saturated heterocycles. The zero-order chi connectivity index (χ0) is 3.41. The van der Waals surface area contributed by atoms with E-state index in [2.05, 4.69) is 20.4 Å². The van der Waals surface area contributed by atoms with Gasteiger partial charge in [-0.15, -0.1) is 0 Å². The maximum atomic E-state index is 3.31. The molecule has 0 rings (SSSR count). The van der Waals surface area contributed by atoms with E-state index in [1.54, 1.807) is 0 Å². The van der Waals surface area contributed by atoms with Crippen molar-refractivity contribution in [2.24, 2.45) is 4.74 Å². The Kier molecular flexibility index (Phi) is 2.73. The van der Waals surface area contributed by atoms with Crippen LogP contribution < -0.4 is 0 Å². The van der Waals surface area contributed by atoms with Crippen LogP contribution in [0, 0.1) is 0 Å². The van der Waals surface area contributed by atoms with Gasteiger partial charge in [-0.25, -0.2) is 4.74 Å². The van der Waals surface area contributed by atoms with Crippen molar-refractivity contribution in [2.75, 3.05) is 0 Å². The average molecular weight is 73.0 g/mol.